The first-order chi connectivity index (χ1) is 15.1. The zero-order valence-electron chi connectivity index (χ0n) is 18.7. The molecule has 3 aromatic rings. The van der Waals surface area contributed by atoms with Crippen molar-refractivity contribution in [3.05, 3.63) is 99.1 Å². The Morgan fingerprint density at radius 3 is 1.34 bits per heavy atom. The minimum Gasteiger partial charge on any atom is -0.302 e. The van der Waals surface area contributed by atoms with Gasteiger partial charge in [0.15, 0.2) is 0 Å². The molecule has 0 spiro atoms. The summed E-state index contributed by atoms with van der Waals surface area (Å²) < 4.78 is 14.6. The molecule has 3 nitrogen and oxygen atoms in total. The minimum absolute atomic E-state index is 0.254. The third kappa shape index (κ3) is 4.39. The number of aryl methyl sites for hydroxylation is 4. The molecular formula is C26H27O3PS2. The summed E-state index contributed by atoms with van der Waals surface area (Å²) in [5.41, 5.74) is 4.17. The standard InChI is InChI=1S/C26H27O3PS2/c1-16-10-20(14-31)11-17(2)23(16)25(27)30(29,22-8-6-5-7-9-22)26(28)24-18(3)12-21(15-32)13-19(24)4/h5-13,31-32H,14-15H2,1-4H3. The van der Waals surface area contributed by atoms with Gasteiger partial charge in [0.25, 0.3) is 0 Å². The normalized spacial score (nSPS) is 11.4. The molecule has 0 heterocycles. The van der Waals surface area contributed by atoms with Gasteiger partial charge >= 0.3 is 0 Å². The monoisotopic (exact) mass is 482 g/mol. The van der Waals surface area contributed by atoms with E-state index in [4.69, 9.17) is 0 Å². The van der Waals surface area contributed by atoms with Crippen LogP contribution in [-0.2, 0) is 16.1 Å². The van der Waals surface area contributed by atoms with Crippen LogP contribution in [0.2, 0.25) is 0 Å². The van der Waals surface area contributed by atoms with Crippen molar-refractivity contribution in [3.8, 4) is 0 Å². The first kappa shape index (κ1) is 24.6. The van der Waals surface area contributed by atoms with Gasteiger partial charge in [-0.15, -0.1) is 0 Å². The van der Waals surface area contributed by atoms with Crippen LogP contribution in [0.25, 0.3) is 0 Å². The fourth-order valence-electron chi connectivity index (χ4n) is 4.24. The van der Waals surface area contributed by atoms with E-state index in [1.807, 2.05) is 52.0 Å². The molecule has 6 heteroatoms. The molecule has 166 valence electrons. The van der Waals surface area contributed by atoms with Crippen molar-refractivity contribution in [1.29, 1.82) is 0 Å². The fraction of sp³-hybridized carbons (Fsp3) is 0.231. The van der Waals surface area contributed by atoms with E-state index in [9.17, 15) is 14.2 Å². The van der Waals surface area contributed by atoms with Crippen LogP contribution in [-0.4, -0.2) is 11.0 Å². The second kappa shape index (κ2) is 9.82. The average molecular weight is 483 g/mol. The number of rotatable bonds is 7. The molecule has 0 amide bonds. The summed E-state index contributed by atoms with van der Waals surface area (Å²) in [5, 5.41) is 0.254. The summed E-state index contributed by atoms with van der Waals surface area (Å²) in [5.74, 6) is 1.06. The Balaban J connectivity index is 2.28. The zero-order chi connectivity index (χ0) is 23.6. The lowest BCUT2D eigenvalue weighted by atomic mass is 10.0. The molecule has 0 aliphatic rings. The van der Waals surface area contributed by atoms with E-state index in [1.54, 1.807) is 30.3 Å². The first-order valence-corrected chi connectivity index (χ1v) is 13.3. The van der Waals surface area contributed by atoms with Gasteiger partial charge in [-0.3, -0.25) is 9.59 Å². The SMILES string of the molecule is Cc1cc(CS)cc(C)c1C(=O)P(=O)(C(=O)c1c(C)cc(CS)cc1C)c1ccccc1. The maximum Gasteiger partial charge on any atom is 0.248 e. The molecule has 3 rings (SSSR count). The van der Waals surface area contributed by atoms with Gasteiger partial charge in [0.1, 0.15) is 0 Å². The number of benzene rings is 3. The van der Waals surface area contributed by atoms with E-state index < -0.39 is 18.2 Å². The van der Waals surface area contributed by atoms with Crippen LogP contribution in [0.3, 0.4) is 0 Å². The van der Waals surface area contributed by atoms with Gasteiger partial charge in [-0.1, -0.05) is 54.6 Å². The van der Waals surface area contributed by atoms with Gasteiger partial charge in [0.05, 0.1) is 0 Å². The maximum absolute atomic E-state index is 14.6. The van der Waals surface area contributed by atoms with E-state index in [0.717, 1.165) is 11.1 Å². The van der Waals surface area contributed by atoms with Crippen LogP contribution in [0, 0.1) is 27.7 Å². The van der Waals surface area contributed by atoms with E-state index in [0.29, 0.717) is 44.9 Å². The smallest absolute Gasteiger partial charge is 0.248 e. The van der Waals surface area contributed by atoms with Gasteiger partial charge < -0.3 is 4.57 Å². The molecule has 0 aliphatic heterocycles. The van der Waals surface area contributed by atoms with Crippen LogP contribution in [0.5, 0.6) is 0 Å². The van der Waals surface area contributed by atoms with Crippen molar-refractivity contribution < 1.29 is 14.2 Å². The van der Waals surface area contributed by atoms with Gasteiger partial charge in [-0.25, -0.2) is 0 Å². The Kier molecular flexibility index (Phi) is 7.54. The maximum atomic E-state index is 14.6. The molecule has 0 radical (unpaired) electrons. The van der Waals surface area contributed by atoms with E-state index >= 15 is 0 Å². The predicted octanol–water partition coefficient (Wildman–Crippen LogP) is 6.45. The number of carbonyl (C=O) groups is 2. The number of thiol groups is 2. The number of carbonyl (C=O) groups excluding carboxylic acids is 2. The van der Waals surface area contributed by atoms with Crippen molar-refractivity contribution in [2.45, 2.75) is 39.2 Å². The van der Waals surface area contributed by atoms with E-state index in [1.165, 1.54) is 0 Å². The Morgan fingerprint density at radius 2 is 1.03 bits per heavy atom. The molecule has 0 saturated carbocycles. The van der Waals surface area contributed by atoms with Crippen molar-refractivity contribution >= 4 is 48.8 Å². The largest absolute Gasteiger partial charge is 0.302 e. The Morgan fingerprint density at radius 1 is 0.688 bits per heavy atom. The van der Waals surface area contributed by atoms with Crippen molar-refractivity contribution in [2.75, 3.05) is 0 Å². The lowest BCUT2D eigenvalue weighted by Gasteiger charge is -2.21. The number of hydrogen-bond donors (Lipinski definition) is 2. The molecule has 32 heavy (non-hydrogen) atoms. The average Bonchev–Trinajstić information content (AvgIpc) is 2.77. The fourth-order valence-corrected chi connectivity index (χ4v) is 7.19. The molecule has 0 aromatic heterocycles. The third-order valence-corrected chi connectivity index (χ3v) is 9.02. The van der Waals surface area contributed by atoms with Gasteiger partial charge in [-0.2, -0.15) is 25.3 Å². The van der Waals surface area contributed by atoms with Crippen molar-refractivity contribution in [2.24, 2.45) is 0 Å². The summed E-state index contributed by atoms with van der Waals surface area (Å²) in [6.07, 6.45) is 0. The molecule has 0 N–H and O–H groups in total. The molecule has 3 aromatic carbocycles. The second-order valence-electron chi connectivity index (χ2n) is 8.08. The molecule has 0 aliphatic carbocycles. The zero-order valence-corrected chi connectivity index (χ0v) is 21.4. The van der Waals surface area contributed by atoms with Gasteiger partial charge in [0.2, 0.25) is 18.2 Å². The highest BCUT2D eigenvalue weighted by Crippen LogP contribution is 2.52. The lowest BCUT2D eigenvalue weighted by molar-refractivity contribution is 0.104. The Labute approximate surface area is 200 Å². The van der Waals surface area contributed by atoms with Crippen LogP contribution in [0.4, 0.5) is 0 Å². The second-order valence-corrected chi connectivity index (χ2v) is 11.3. The first-order valence-electron chi connectivity index (χ1n) is 10.3. The quantitative estimate of drug-likeness (QED) is 0.301. The van der Waals surface area contributed by atoms with Crippen LogP contribution < -0.4 is 5.30 Å². The molecule has 0 atom stereocenters. The number of hydrogen-bond acceptors (Lipinski definition) is 5. The van der Waals surface area contributed by atoms with Gasteiger partial charge in [-0.05, 0) is 61.1 Å². The van der Waals surface area contributed by atoms with Crippen LogP contribution in [0.15, 0.2) is 54.6 Å². The van der Waals surface area contributed by atoms with E-state index in [-0.39, 0.29) is 5.30 Å². The highest BCUT2D eigenvalue weighted by atomic mass is 32.1. The topological polar surface area (TPSA) is 51.2 Å². The van der Waals surface area contributed by atoms with Crippen LogP contribution in [0.1, 0.15) is 54.1 Å². The molecule has 0 unspecified atom stereocenters. The van der Waals surface area contributed by atoms with E-state index in [2.05, 4.69) is 25.3 Å². The molecular weight excluding hydrogens is 455 g/mol. The highest BCUT2D eigenvalue weighted by molar-refractivity contribution is 8.01. The molecule has 0 bridgehead atoms. The predicted molar refractivity (Wildman–Crippen MR) is 140 cm³/mol. The molecule has 0 fully saturated rings. The Bertz CT molecular complexity index is 1130. The highest BCUT2D eigenvalue weighted by Gasteiger charge is 2.44. The van der Waals surface area contributed by atoms with Crippen molar-refractivity contribution in [3.63, 3.8) is 0 Å². The summed E-state index contributed by atoms with van der Waals surface area (Å²) in [7, 11) is -4.17. The lowest BCUT2D eigenvalue weighted by Crippen LogP contribution is -2.23. The third-order valence-electron chi connectivity index (χ3n) is 5.67. The molecule has 0 saturated heterocycles. The van der Waals surface area contributed by atoms with Crippen LogP contribution >= 0.6 is 32.4 Å². The van der Waals surface area contributed by atoms with Crippen molar-refractivity contribution in [1.82, 2.24) is 0 Å². The summed E-state index contributed by atoms with van der Waals surface area (Å²) in [6, 6.07) is 15.9. The van der Waals surface area contributed by atoms with Gasteiger partial charge in [0, 0.05) is 27.9 Å². The Hall–Kier alpha value is -2.07. The minimum atomic E-state index is -4.17. The summed E-state index contributed by atoms with van der Waals surface area (Å²) in [6.45, 7) is 7.24. The summed E-state index contributed by atoms with van der Waals surface area (Å²) >= 11 is 8.65. The summed E-state index contributed by atoms with van der Waals surface area (Å²) in [4.78, 5) is 27.9.